The number of unbranched alkanes of at least 4 members (excludes halogenated alkanes) is 2. The highest BCUT2D eigenvalue weighted by molar-refractivity contribution is 6.05. The predicted octanol–water partition coefficient (Wildman–Crippen LogP) is 4.72. The third kappa shape index (κ3) is 3.36. The molecule has 0 radical (unpaired) electrons. The van der Waals surface area contributed by atoms with Crippen LogP contribution in [0.2, 0.25) is 0 Å². The van der Waals surface area contributed by atoms with E-state index in [0.29, 0.717) is 0 Å². The molecular formula is C17H21NO. The van der Waals surface area contributed by atoms with E-state index in [1.54, 1.807) is 6.26 Å². The number of fused-ring (bicyclic) bond motifs is 3. The zero-order valence-electron chi connectivity index (χ0n) is 11.4. The first-order valence-electron chi connectivity index (χ1n) is 6.92. The summed E-state index contributed by atoms with van der Waals surface area (Å²) < 4.78 is 5.33. The summed E-state index contributed by atoms with van der Waals surface area (Å²) >= 11 is 0. The Morgan fingerprint density at radius 3 is 2.53 bits per heavy atom. The van der Waals surface area contributed by atoms with Crippen LogP contribution in [0.3, 0.4) is 0 Å². The smallest absolute Gasteiger partial charge is 0.134 e. The van der Waals surface area contributed by atoms with Crippen LogP contribution < -0.4 is 5.73 Å². The molecule has 0 amide bonds. The van der Waals surface area contributed by atoms with E-state index >= 15 is 0 Å². The number of rotatable bonds is 3. The van der Waals surface area contributed by atoms with E-state index in [1.807, 2.05) is 18.2 Å². The van der Waals surface area contributed by atoms with Gasteiger partial charge < -0.3 is 10.2 Å². The highest BCUT2D eigenvalue weighted by Crippen LogP contribution is 2.25. The Kier molecular flexibility index (Phi) is 4.99. The predicted molar refractivity (Wildman–Crippen MR) is 82.3 cm³/mol. The summed E-state index contributed by atoms with van der Waals surface area (Å²) in [5.41, 5.74) is 6.17. The molecule has 0 aliphatic rings. The topological polar surface area (TPSA) is 39.2 Å². The molecule has 100 valence electrons. The maximum absolute atomic E-state index is 5.33. The van der Waals surface area contributed by atoms with Crippen molar-refractivity contribution >= 4 is 21.7 Å². The van der Waals surface area contributed by atoms with E-state index in [4.69, 9.17) is 10.2 Å². The second-order valence-electron chi connectivity index (χ2n) is 4.61. The van der Waals surface area contributed by atoms with Gasteiger partial charge in [0.1, 0.15) is 5.58 Å². The summed E-state index contributed by atoms with van der Waals surface area (Å²) in [6, 6.07) is 14.4. The van der Waals surface area contributed by atoms with Crippen LogP contribution in [0.1, 0.15) is 26.2 Å². The molecule has 0 fully saturated rings. The molecule has 1 heterocycles. The van der Waals surface area contributed by atoms with Crippen molar-refractivity contribution in [1.29, 1.82) is 0 Å². The average Bonchev–Trinajstić information content (AvgIpc) is 2.94. The van der Waals surface area contributed by atoms with E-state index in [9.17, 15) is 0 Å². The van der Waals surface area contributed by atoms with Crippen LogP contribution in [0.25, 0.3) is 21.7 Å². The zero-order valence-corrected chi connectivity index (χ0v) is 11.4. The lowest BCUT2D eigenvalue weighted by atomic mass is 10.1. The van der Waals surface area contributed by atoms with Crippen molar-refractivity contribution in [2.24, 2.45) is 5.73 Å². The van der Waals surface area contributed by atoms with Gasteiger partial charge in [0.25, 0.3) is 0 Å². The molecule has 0 bridgehead atoms. The first kappa shape index (κ1) is 13.6. The third-order valence-corrected chi connectivity index (χ3v) is 3.17. The van der Waals surface area contributed by atoms with Crippen LogP contribution in [0.15, 0.2) is 53.1 Å². The van der Waals surface area contributed by atoms with E-state index in [0.717, 1.165) is 12.1 Å². The van der Waals surface area contributed by atoms with Crippen molar-refractivity contribution < 1.29 is 4.42 Å². The minimum atomic E-state index is 0.855. The van der Waals surface area contributed by atoms with Crippen LogP contribution >= 0.6 is 0 Å². The molecule has 0 saturated heterocycles. The van der Waals surface area contributed by atoms with Gasteiger partial charge in [-0.2, -0.15) is 0 Å². The van der Waals surface area contributed by atoms with E-state index < -0.39 is 0 Å². The summed E-state index contributed by atoms with van der Waals surface area (Å²) in [6.07, 6.45) is 5.49. The van der Waals surface area contributed by atoms with Crippen LogP contribution in [-0.2, 0) is 0 Å². The fourth-order valence-electron chi connectivity index (χ4n) is 2.12. The minimum Gasteiger partial charge on any atom is -0.464 e. The molecule has 2 aromatic carbocycles. The molecule has 1 aromatic heterocycles. The lowest BCUT2D eigenvalue weighted by Gasteiger charge is -1.96. The van der Waals surface area contributed by atoms with Crippen LogP contribution in [0.5, 0.6) is 0 Å². The quantitative estimate of drug-likeness (QED) is 0.688. The molecule has 2 nitrogen and oxygen atoms in total. The summed E-state index contributed by atoms with van der Waals surface area (Å²) in [6.45, 7) is 3.03. The van der Waals surface area contributed by atoms with E-state index in [2.05, 4.69) is 31.2 Å². The van der Waals surface area contributed by atoms with Crippen molar-refractivity contribution in [3.05, 3.63) is 48.7 Å². The lowest BCUT2D eigenvalue weighted by molar-refractivity contribution is 0.616. The number of hydrogen-bond donors (Lipinski definition) is 1. The Morgan fingerprint density at radius 1 is 0.947 bits per heavy atom. The normalized spacial score (nSPS) is 10.4. The van der Waals surface area contributed by atoms with E-state index in [-0.39, 0.29) is 0 Å². The monoisotopic (exact) mass is 255 g/mol. The highest BCUT2D eigenvalue weighted by atomic mass is 16.3. The molecule has 0 unspecified atom stereocenters. The van der Waals surface area contributed by atoms with Gasteiger partial charge in [0.05, 0.1) is 6.26 Å². The molecule has 2 N–H and O–H groups in total. The molecule has 0 atom stereocenters. The largest absolute Gasteiger partial charge is 0.464 e. The van der Waals surface area contributed by atoms with E-state index in [1.165, 1.54) is 35.4 Å². The molecule has 0 spiro atoms. The van der Waals surface area contributed by atoms with Crippen molar-refractivity contribution in [3.8, 4) is 0 Å². The Bertz CT molecular complexity index is 623. The molecule has 2 heteroatoms. The first-order chi connectivity index (χ1) is 9.36. The van der Waals surface area contributed by atoms with Crippen LogP contribution in [0.4, 0.5) is 0 Å². The SMILES string of the molecule is CCCCCN.c1ccc2c(c1)ccc1occc12. The molecule has 0 saturated carbocycles. The zero-order chi connectivity index (χ0) is 13.5. The average molecular weight is 255 g/mol. The van der Waals surface area contributed by atoms with Gasteiger partial charge in [-0.25, -0.2) is 0 Å². The summed E-state index contributed by atoms with van der Waals surface area (Å²) in [4.78, 5) is 0. The molecule has 3 rings (SSSR count). The Hall–Kier alpha value is -1.80. The molecule has 3 aromatic rings. The number of hydrogen-bond acceptors (Lipinski definition) is 2. The minimum absolute atomic E-state index is 0.855. The standard InChI is InChI=1S/C12H8O.C5H13N/c1-2-4-10-9(3-1)5-6-12-11(10)7-8-13-12;1-2-3-4-5-6/h1-8H;2-6H2,1H3. The number of furan rings is 1. The van der Waals surface area contributed by atoms with Crippen LogP contribution in [-0.4, -0.2) is 6.54 Å². The van der Waals surface area contributed by atoms with Gasteiger partial charge >= 0.3 is 0 Å². The maximum Gasteiger partial charge on any atom is 0.134 e. The van der Waals surface area contributed by atoms with Gasteiger partial charge in [-0.15, -0.1) is 0 Å². The second kappa shape index (κ2) is 6.95. The molecule has 0 aliphatic carbocycles. The second-order valence-corrected chi connectivity index (χ2v) is 4.61. The summed E-state index contributed by atoms with van der Waals surface area (Å²) in [5, 5.41) is 3.71. The molecular weight excluding hydrogens is 234 g/mol. The Labute approximate surface area is 114 Å². The van der Waals surface area contributed by atoms with Crippen molar-refractivity contribution in [3.63, 3.8) is 0 Å². The van der Waals surface area contributed by atoms with Gasteiger partial charge in [-0.05, 0) is 35.9 Å². The summed E-state index contributed by atoms with van der Waals surface area (Å²) in [7, 11) is 0. The Balaban J connectivity index is 0.000000192. The lowest BCUT2D eigenvalue weighted by Crippen LogP contribution is -1.96. The number of benzene rings is 2. The first-order valence-corrected chi connectivity index (χ1v) is 6.92. The van der Waals surface area contributed by atoms with Gasteiger partial charge in [-0.1, -0.05) is 50.1 Å². The Morgan fingerprint density at radius 2 is 1.79 bits per heavy atom. The van der Waals surface area contributed by atoms with Gasteiger partial charge in [0.2, 0.25) is 0 Å². The summed E-state index contributed by atoms with van der Waals surface area (Å²) in [5.74, 6) is 0. The van der Waals surface area contributed by atoms with Crippen LogP contribution in [0, 0.1) is 0 Å². The van der Waals surface area contributed by atoms with Crippen molar-refractivity contribution in [1.82, 2.24) is 0 Å². The maximum atomic E-state index is 5.33. The third-order valence-electron chi connectivity index (χ3n) is 3.17. The fraction of sp³-hybridized carbons (Fsp3) is 0.294. The molecule has 19 heavy (non-hydrogen) atoms. The van der Waals surface area contributed by atoms with Gasteiger partial charge in [-0.3, -0.25) is 0 Å². The van der Waals surface area contributed by atoms with Gasteiger partial charge in [0, 0.05) is 5.39 Å². The fourth-order valence-corrected chi connectivity index (χ4v) is 2.12. The van der Waals surface area contributed by atoms with Gasteiger partial charge in [0.15, 0.2) is 0 Å². The molecule has 0 aliphatic heterocycles. The number of nitrogens with two attached hydrogens (primary N) is 1. The highest BCUT2D eigenvalue weighted by Gasteiger charge is 2.00. The van der Waals surface area contributed by atoms with Crippen molar-refractivity contribution in [2.45, 2.75) is 26.2 Å². The van der Waals surface area contributed by atoms with Crippen molar-refractivity contribution in [2.75, 3.05) is 6.54 Å².